The minimum atomic E-state index is -0.459. The maximum Gasteiger partial charge on any atom is 0.289 e. The first-order valence-corrected chi connectivity index (χ1v) is 10.7. The van der Waals surface area contributed by atoms with E-state index >= 15 is 0 Å². The number of halogens is 1. The fraction of sp³-hybridized carbons (Fsp3) is 0.217. The summed E-state index contributed by atoms with van der Waals surface area (Å²) in [6.07, 6.45) is 0.447. The second-order valence-electron chi connectivity index (χ2n) is 6.82. The Hall–Kier alpha value is -2.50. The van der Waals surface area contributed by atoms with E-state index in [1.165, 1.54) is 4.90 Å². The average Bonchev–Trinajstić information content (AvgIpc) is 2.99. The second-order valence-corrected chi connectivity index (χ2v) is 8.41. The van der Waals surface area contributed by atoms with Gasteiger partial charge in [-0.05, 0) is 47.9 Å². The molecule has 0 aliphatic carbocycles. The van der Waals surface area contributed by atoms with Crippen LogP contribution in [0.2, 0.25) is 5.02 Å². The fourth-order valence-corrected chi connectivity index (χ4v) is 4.68. The minimum Gasteiger partial charge on any atom is -0.494 e. The molecular formula is C23H20ClNO3S. The number of rotatable bonds is 6. The Morgan fingerprint density at radius 2 is 1.79 bits per heavy atom. The van der Waals surface area contributed by atoms with Gasteiger partial charge >= 0.3 is 0 Å². The van der Waals surface area contributed by atoms with E-state index in [2.05, 4.69) is 0 Å². The number of benzene rings is 3. The van der Waals surface area contributed by atoms with E-state index in [0.29, 0.717) is 18.1 Å². The SMILES string of the molecule is CCOc1ccc2ccccc2c1C[C@H]1SC(=O)N(Cc2ccc(Cl)cc2)C1=O. The van der Waals surface area contributed by atoms with Crippen molar-refractivity contribution in [3.05, 3.63) is 76.8 Å². The topological polar surface area (TPSA) is 46.6 Å². The first-order valence-electron chi connectivity index (χ1n) is 9.46. The molecule has 1 atom stereocenters. The molecular weight excluding hydrogens is 406 g/mol. The Bertz CT molecular complexity index is 1070. The van der Waals surface area contributed by atoms with Crippen molar-refractivity contribution in [1.82, 2.24) is 4.90 Å². The van der Waals surface area contributed by atoms with Crippen LogP contribution in [0.25, 0.3) is 10.8 Å². The van der Waals surface area contributed by atoms with Crippen LogP contribution in [-0.2, 0) is 17.8 Å². The molecule has 0 radical (unpaired) electrons. The van der Waals surface area contributed by atoms with E-state index in [-0.39, 0.29) is 17.7 Å². The van der Waals surface area contributed by atoms with Gasteiger partial charge in [0.2, 0.25) is 5.91 Å². The Kier molecular flexibility index (Phi) is 5.79. The van der Waals surface area contributed by atoms with Crippen LogP contribution >= 0.6 is 23.4 Å². The number of amides is 2. The van der Waals surface area contributed by atoms with Crippen LogP contribution in [0.4, 0.5) is 4.79 Å². The van der Waals surface area contributed by atoms with Gasteiger partial charge in [0.25, 0.3) is 5.24 Å². The number of imide groups is 1. The van der Waals surface area contributed by atoms with Crippen LogP contribution in [0.1, 0.15) is 18.1 Å². The Morgan fingerprint density at radius 1 is 1.03 bits per heavy atom. The Morgan fingerprint density at radius 3 is 2.55 bits per heavy atom. The molecule has 0 N–H and O–H groups in total. The van der Waals surface area contributed by atoms with E-state index in [9.17, 15) is 9.59 Å². The quantitative estimate of drug-likeness (QED) is 0.508. The smallest absolute Gasteiger partial charge is 0.289 e. The molecule has 3 aromatic rings. The normalized spacial score (nSPS) is 16.6. The summed E-state index contributed by atoms with van der Waals surface area (Å²) in [5.41, 5.74) is 1.84. The molecule has 4 nitrogen and oxygen atoms in total. The van der Waals surface area contributed by atoms with Crippen molar-refractivity contribution >= 4 is 45.3 Å². The number of fused-ring (bicyclic) bond motifs is 1. The van der Waals surface area contributed by atoms with Crippen molar-refractivity contribution in [3.8, 4) is 5.75 Å². The number of carbonyl (C=O) groups is 2. The summed E-state index contributed by atoms with van der Waals surface area (Å²) in [4.78, 5) is 26.9. The lowest BCUT2D eigenvalue weighted by molar-refractivity contribution is -0.127. The van der Waals surface area contributed by atoms with Crippen molar-refractivity contribution in [2.75, 3.05) is 6.61 Å². The third kappa shape index (κ3) is 4.11. The van der Waals surface area contributed by atoms with Crippen LogP contribution in [0.3, 0.4) is 0 Å². The molecule has 0 unspecified atom stereocenters. The zero-order valence-electron chi connectivity index (χ0n) is 15.9. The van der Waals surface area contributed by atoms with Gasteiger partial charge in [0.05, 0.1) is 18.4 Å². The van der Waals surface area contributed by atoms with Crippen molar-refractivity contribution in [3.63, 3.8) is 0 Å². The molecule has 1 aliphatic rings. The number of hydrogen-bond donors (Lipinski definition) is 0. The van der Waals surface area contributed by atoms with E-state index in [1.54, 1.807) is 12.1 Å². The van der Waals surface area contributed by atoms with Gasteiger partial charge < -0.3 is 4.74 Å². The van der Waals surface area contributed by atoms with Crippen molar-refractivity contribution < 1.29 is 14.3 Å². The zero-order chi connectivity index (χ0) is 20.4. The average molecular weight is 426 g/mol. The second kappa shape index (κ2) is 8.47. The third-order valence-corrected chi connectivity index (χ3v) is 6.27. The van der Waals surface area contributed by atoms with Gasteiger partial charge in [0.1, 0.15) is 5.75 Å². The van der Waals surface area contributed by atoms with E-state index < -0.39 is 5.25 Å². The summed E-state index contributed by atoms with van der Waals surface area (Å²) in [7, 11) is 0. The lowest BCUT2D eigenvalue weighted by Gasteiger charge is -2.16. The maximum absolute atomic E-state index is 13.0. The summed E-state index contributed by atoms with van der Waals surface area (Å²) in [6.45, 7) is 2.73. The largest absolute Gasteiger partial charge is 0.494 e. The van der Waals surface area contributed by atoms with Crippen molar-refractivity contribution in [2.24, 2.45) is 0 Å². The molecule has 0 spiro atoms. The molecule has 4 rings (SSSR count). The van der Waals surface area contributed by atoms with E-state index in [0.717, 1.165) is 39.4 Å². The van der Waals surface area contributed by atoms with Gasteiger partial charge in [0.15, 0.2) is 0 Å². The highest BCUT2D eigenvalue weighted by molar-refractivity contribution is 8.15. The zero-order valence-corrected chi connectivity index (χ0v) is 17.5. The van der Waals surface area contributed by atoms with Crippen LogP contribution < -0.4 is 4.74 Å². The van der Waals surface area contributed by atoms with Crippen LogP contribution in [0.5, 0.6) is 5.75 Å². The summed E-state index contributed by atoms with van der Waals surface area (Å²) >= 11 is 7.01. The van der Waals surface area contributed by atoms with Gasteiger partial charge in [-0.1, -0.05) is 65.8 Å². The molecule has 0 saturated carbocycles. The van der Waals surface area contributed by atoms with E-state index in [4.69, 9.17) is 16.3 Å². The summed E-state index contributed by atoms with van der Waals surface area (Å²) < 4.78 is 5.82. The van der Waals surface area contributed by atoms with Crippen LogP contribution in [0.15, 0.2) is 60.7 Å². The van der Waals surface area contributed by atoms with Gasteiger partial charge in [-0.15, -0.1) is 0 Å². The number of carbonyl (C=O) groups excluding carboxylic acids is 2. The van der Waals surface area contributed by atoms with Gasteiger partial charge in [0, 0.05) is 10.6 Å². The molecule has 6 heteroatoms. The molecule has 1 saturated heterocycles. The lowest BCUT2D eigenvalue weighted by Crippen LogP contribution is -2.31. The first-order chi connectivity index (χ1) is 14.1. The highest BCUT2D eigenvalue weighted by Crippen LogP contribution is 2.36. The molecule has 0 aromatic heterocycles. The summed E-state index contributed by atoms with van der Waals surface area (Å²) in [5, 5.41) is 2.09. The molecule has 3 aromatic carbocycles. The summed E-state index contributed by atoms with van der Waals surface area (Å²) in [5.74, 6) is 0.605. The molecule has 1 aliphatic heterocycles. The standard InChI is InChI=1S/C23H20ClNO3S/c1-2-28-20-12-9-16-5-3-4-6-18(16)19(20)13-21-22(26)25(23(27)29-21)14-15-7-10-17(24)11-8-15/h3-12,21H,2,13-14H2,1H3/t21-/m1/s1. The minimum absolute atomic E-state index is 0.162. The molecule has 2 amide bonds. The first kappa shape index (κ1) is 19.8. The molecule has 1 fully saturated rings. The molecule has 0 bridgehead atoms. The van der Waals surface area contributed by atoms with Gasteiger partial charge in [-0.25, -0.2) is 0 Å². The van der Waals surface area contributed by atoms with Crippen LogP contribution in [-0.4, -0.2) is 27.9 Å². The molecule has 148 valence electrons. The van der Waals surface area contributed by atoms with Crippen LogP contribution in [0, 0.1) is 0 Å². The highest BCUT2D eigenvalue weighted by atomic mass is 35.5. The number of hydrogen-bond acceptors (Lipinski definition) is 4. The van der Waals surface area contributed by atoms with Gasteiger partial charge in [-0.3, -0.25) is 14.5 Å². The number of thioether (sulfide) groups is 1. The maximum atomic E-state index is 13.0. The highest BCUT2D eigenvalue weighted by Gasteiger charge is 2.40. The Balaban J connectivity index is 1.60. The third-order valence-electron chi connectivity index (χ3n) is 4.95. The summed E-state index contributed by atoms with van der Waals surface area (Å²) in [6, 6.07) is 19.2. The molecule has 1 heterocycles. The van der Waals surface area contributed by atoms with Crippen molar-refractivity contribution in [1.29, 1.82) is 0 Å². The fourth-order valence-electron chi connectivity index (χ4n) is 3.55. The monoisotopic (exact) mass is 425 g/mol. The lowest BCUT2D eigenvalue weighted by atomic mass is 9.99. The molecule has 29 heavy (non-hydrogen) atoms. The Labute approximate surface area is 178 Å². The van der Waals surface area contributed by atoms with Gasteiger partial charge in [-0.2, -0.15) is 0 Å². The van der Waals surface area contributed by atoms with Crippen molar-refractivity contribution in [2.45, 2.75) is 25.1 Å². The number of ether oxygens (including phenoxy) is 1. The predicted octanol–water partition coefficient (Wildman–Crippen LogP) is 5.70. The number of nitrogens with zero attached hydrogens (tertiary/aromatic N) is 1. The predicted molar refractivity (Wildman–Crippen MR) is 118 cm³/mol. The van der Waals surface area contributed by atoms with E-state index in [1.807, 2.05) is 55.5 Å².